The minimum atomic E-state index is -4.96. The summed E-state index contributed by atoms with van der Waals surface area (Å²) in [5.41, 5.74) is -3.80. The Bertz CT molecular complexity index is 2250. The van der Waals surface area contributed by atoms with Crippen LogP contribution in [0.1, 0.15) is 30.0 Å². The van der Waals surface area contributed by atoms with Crippen LogP contribution in [0.4, 0.5) is 51.0 Å². The van der Waals surface area contributed by atoms with Crippen molar-refractivity contribution in [2.24, 2.45) is 17.8 Å². The van der Waals surface area contributed by atoms with E-state index in [0.717, 1.165) is 25.2 Å². The number of allylic oxidation sites excluding steroid dienone is 2. The number of amides is 4. The molecule has 2 saturated heterocycles. The molecule has 6 atom stereocenters. The van der Waals surface area contributed by atoms with E-state index in [1.165, 1.54) is 6.08 Å². The summed E-state index contributed by atoms with van der Waals surface area (Å²) in [7, 11) is 1.02. The Kier molecular flexibility index (Phi) is 8.55. The first-order valence-electron chi connectivity index (χ1n) is 15.4. The molecule has 21 heteroatoms. The molecule has 7 rings (SSSR count). The topological polar surface area (TPSA) is 111 Å². The molecule has 0 radical (unpaired) electrons. The minimum Gasteiger partial charge on any atom is -0.505 e. The number of alkyl halides is 5. The van der Waals surface area contributed by atoms with Gasteiger partial charge in [0, 0.05) is 13.0 Å². The number of hydrogen-bond acceptors (Lipinski definition) is 7. The molecule has 9 nitrogen and oxygen atoms in total. The van der Waals surface area contributed by atoms with Gasteiger partial charge < -0.3 is 5.11 Å². The Labute approximate surface area is 311 Å². The third-order valence-electron chi connectivity index (χ3n) is 10.2. The number of rotatable bonds is 4. The summed E-state index contributed by atoms with van der Waals surface area (Å²) in [4.78, 5) is 53.8. The lowest BCUT2D eigenvalue weighted by molar-refractivity contribution is -0.141. The van der Waals surface area contributed by atoms with Crippen molar-refractivity contribution in [1.82, 2.24) is 9.99 Å². The van der Waals surface area contributed by atoms with Crippen molar-refractivity contribution in [3.8, 4) is 5.75 Å². The largest absolute Gasteiger partial charge is 0.505 e. The van der Waals surface area contributed by atoms with Crippen LogP contribution >= 0.6 is 34.8 Å². The molecule has 3 aromatic rings. The fraction of sp³-hybridized carbons (Fsp3) is 0.303. The number of fused-ring (bicyclic) bond motifs is 4. The number of phenols is 1. The van der Waals surface area contributed by atoms with E-state index < -0.39 is 137 Å². The van der Waals surface area contributed by atoms with Crippen LogP contribution in [0, 0.1) is 52.7 Å². The molecule has 1 aromatic heterocycles. The summed E-state index contributed by atoms with van der Waals surface area (Å²) in [5, 5.41) is 10.6. The molecule has 1 N–H and O–H groups in total. The number of aromatic hydroxyl groups is 1. The summed E-state index contributed by atoms with van der Waals surface area (Å²) >= 11 is 20.1. The maximum absolute atomic E-state index is 15.2. The molecule has 2 aromatic carbocycles. The average molecular weight is 828 g/mol. The summed E-state index contributed by atoms with van der Waals surface area (Å²) in [6.45, 7) is 0. The van der Waals surface area contributed by atoms with E-state index in [1.54, 1.807) is 0 Å². The predicted octanol–water partition coefficient (Wildman–Crippen LogP) is 6.91. The number of nitrogens with zero attached hydrogens (tertiary/aromatic N) is 4. The van der Waals surface area contributed by atoms with Crippen molar-refractivity contribution < 1.29 is 63.8 Å². The van der Waals surface area contributed by atoms with E-state index in [1.807, 2.05) is 0 Å². The maximum atomic E-state index is 15.2. The minimum absolute atomic E-state index is 0.0473. The molecule has 1 saturated carbocycles. The van der Waals surface area contributed by atoms with Crippen LogP contribution in [0.2, 0.25) is 5.02 Å². The van der Waals surface area contributed by atoms with Crippen molar-refractivity contribution in [2.75, 3.05) is 17.0 Å². The molecule has 0 unspecified atom stereocenters. The number of aromatic nitrogens is 1. The van der Waals surface area contributed by atoms with Crippen LogP contribution < -0.4 is 9.91 Å². The molecule has 4 aliphatic rings. The Morgan fingerprint density at radius 3 is 2.07 bits per heavy atom. The van der Waals surface area contributed by atoms with Gasteiger partial charge in [-0.15, -0.1) is 23.2 Å². The molecule has 4 amide bonds. The third-order valence-corrected chi connectivity index (χ3v) is 11.9. The first-order valence-corrected chi connectivity index (χ1v) is 16.5. The second-order valence-corrected chi connectivity index (χ2v) is 14.6. The highest BCUT2D eigenvalue weighted by Crippen LogP contribution is 2.66. The second kappa shape index (κ2) is 12.2. The Balaban J connectivity index is 1.39. The monoisotopic (exact) mass is 826 g/mol. The molecule has 0 bridgehead atoms. The number of benzene rings is 2. The first-order chi connectivity index (χ1) is 25.1. The lowest BCUT2D eigenvalue weighted by atomic mass is 9.56. The van der Waals surface area contributed by atoms with Crippen LogP contribution in [-0.4, -0.2) is 55.5 Å². The van der Waals surface area contributed by atoms with Gasteiger partial charge in [-0.1, -0.05) is 29.3 Å². The molecule has 54 heavy (non-hydrogen) atoms. The smallest absolute Gasteiger partial charge is 0.433 e. The molecule has 2 aliphatic heterocycles. The predicted molar refractivity (Wildman–Crippen MR) is 169 cm³/mol. The van der Waals surface area contributed by atoms with Crippen LogP contribution in [0.5, 0.6) is 5.75 Å². The molecule has 284 valence electrons. The summed E-state index contributed by atoms with van der Waals surface area (Å²) in [5.74, 6) is -27.6. The van der Waals surface area contributed by atoms with Crippen molar-refractivity contribution >= 4 is 69.9 Å². The molecule has 3 heterocycles. The zero-order chi connectivity index (χ0) is 39.7. The molecule has 2 aliphatic carbocycles. The van der Waals surface area contributed by atoms with E-state index in [2.05, 4.69) is 4.98 Å². The van der Waals surface area contributed by atoms with Crippen molar-refractivity contribution in [3.05, 3.63) is 93.2 Å². The standard InChI is InChI=1S/C33H18Cl3F9N4O5/c1-47(26-14(34)5-7-17(46-26)33(43,44)45)49-27(51)12-4-3-11-13(18(12)28(49)52)9-31(35)29(53)48(25-23(41)21(39)20(38)22(40)24(25)42)30(54)32(31,36)19(11)10-2-6-16(50)15(37)8-10/h2-3,5-8,12-13,18-19,50H,4,9H2,1H3/t12-,13+,18-,19-,31+,32-/m0/s1. The van der Waals surface area contributed by atoms with Gasteiger partial charge in [0.25, 0.3) is 23.6 Å². The second-order valence-electron chi connectivity index (χ2n) is 12.9. The lowest BCUT2D eigenvalue weighted by Gasteiger charge is -2.50. The highest BCUT2D eigenvalue weighted by Gasteiger charge is 2.77. The first kappa shape index (κ1) is 37.8. The van der Waals surface area contributed by atoms with Crippen molar-refractivity contribution in [2.45, 2.75) is 34.7 Å². The van der Waals surface area contributed by atoms with Crippen LogP contribution in [0.25, 0.3) is 0 Å². The number of carbonyl (C=O) groups is 4. The third kappa shape index (κ3) is 4.91. The number of anilines is 2. The highest BCUT2D eigenvalue weighted by molar-refractivity contribution is 6.58. The summed E-state index contributed by atoms with van der Waals surface area (Å²) in [6.07, 6.45) is -4.89. The zero-order valence-corrected chi connectivity index (χ0v) is 28.9. The summed E-state index contributed by atoms with van der Waals surface area (Å²) in [6, 6.07) is 3.90. The number of halogens is 12. The van der Waals surface area contributed by atoms with Crippen molar-refractivity contribution in [1.29, 1.82) is 0 Å². The lowest BCUT2D eigenvalue weighted by Crippen LogP contribution is -2.60. The number of imide groups is 2. The summed E-state index contributed by atoms with van der Waals surface area (Å²) < 4.78 is 129. The van der Waals surface area contributed by atoms with E-state index in [-0.39, 0.29) is 17.6 Å². The zero-order valence-electron chi connectivity index (χ0n) is 26.6. The quantitative estimate of drug-likeness (QED) is 0.0761. The SMILES string of the molecule is CN(c1nc(C(F)(F)F)ccc1Cl)N1C(=O)[C@H]2[C@H](CC=C3[C@H]2C[C@@]2(Cl)C(=O)N(c4c(F)c(F)c(F)c(F)c4F)C(=O)[C@@]2(Cl)[C@H]3c2ccc(O)c(F)c2)C1=O. The maximum Gasteiger partial charge on any atom is 0.433 e. The van der Waals surface area contributed by atoms with Gasteiger partial charge in [0.1, 0.15) is 11.4 Å². The number of pyridine rings is 1. The highest BCUT2D eigenvalue weighted by atomic mass is 35.5. The van der Waals surface area contributed by atoms with Gasteiger partial charge >= 0.3 is 6.18 Å². The Hall–Kier alpha value is -4.55. The molecular weight excluding hydrogens is 810 g/mol. The number of hydrogen-bond donors (Lipinski definition) is 1. The van der Waals surface area contributed by atoms with Gasteiger partial charge in [-0.05, 0) is 48.6 Å². The van der Waals surface area contributed by atoms with E-state index in [4.69, 9.17) is 34.8 Å². The van der Waals surface area contributed by atoms with Crippen LogP contribution in [0.3, 0.4) is 0 Å². The van der Waals surface area contributed by atoms with Gasteiger partial charge in [0.2, 0.25) is 5.82 Å². The van der Waals surface area contributed by atoms with E-state index in [0.29, 0.717) is 22.2 Å². The van der Waals surface area contributed by atoms with E-state index in [9.17, 15) is 55.0 Å². The van der Waals surface area contributed by atoms with Gasteiger partial charge in [-0.25, -0.2) is 36.2 Å². The number of carbonyl (C=O) groups excluding carboxylic acids is 4. The van der Waals surface area contributed by atoms with Crippen LogP contribution in [-0.2, 0) is 25.4 Å². The van der Waals surface area contributed by atoms with Gasteiger partial charge in [0.15, 0.2) is 50.4 Å². The van der Waals surface area contributed by atoms with Gasteiger partial charge in [0.05, 0.1) is 16.9 Å². The number of phenolic OH excluding ortho intramolecular Hbond substituents is 1. The van der Waals surface area contributed by atoms with E-state index >= 15 is 8.78 Å². The molecule has 0 spiro atoms. The fourth-order valence-corrected chi connectivity index (χ4v) is 9.00. The fourth-order valence-electron chi connectivity index (χ4n) is 7.83. The van der Waals surface area contributed by atoms with Gasteiger partial charge in [-0.3, -0.25) is 24.2 Å². The Morgan fingerprint density at radius 2 is 1.48 bits per heavy atom. The van der Waals surface area contributed by atoms with Gasteiger partial charge in [-0.2, -0.15) is 18.2 Å². The number of hydrazine groups is 1. The van der Waals surface area contributed by atoms with Crippen molar-refractivity contribution in [3.63, 3.8) is 0 Å². The molecular formula is C33H18Cl3F9N4O5. The normalized spacial score (nSPS) is 28.0. The van der Waals surface area contributed by atoms with Crippen LogP contribution in [0.15, 0.2) is 42.0 Å². The average Bonchev–Trinajstić information content (AvgIpc) is 3.45. The Morgan fingerprint density at radius 1 is 0.870 bits per heavy atom. The molecule has 3 fully saturated rings.